The lowest BCUT2D eigenvalue weighted by Gasteiger charge is -2.04. The number of benzene rings is 1. The van der Waals surface area contributed by atoms with E-state index in [1.54, 1.807) is 16.8 Å². The second-order valence-corrected chi connectivity index (χ2v) is 3.45. The van der Waals surface area contributed by atoms with Crippen molar-refractivity contribution in [3.8, 4) is 5.69 Å². The molecule has 0 amide bonds. The monoisotopic (exact) mass is 203 g/mol. The molecule has 0 aliphatic carbocycles. The molecule has 1 aromatic heterocycles. The third-order valence-corrected chi connectivity index (χ3v) is 2.19. The number of aromatic nitrogens is 1. The molecule has 0 fully saturated rings. The van der Waals surface area contributed by atoms with Crippen LogP contribution in [0.4, 0.5) is 0 Å². The Morgan fingerprint density at radius 2 is 1.71 bits per heavy atom. The second kappa shape index (κ2) is 3.72. The highest BCUT2D eigenvalue weighted by Gasteiger charge is 1.97. The molecule has 3 heteroatoms. The van der Waals surface area contributed by atoms with Crippen molar-refractivity contribution in [2.45, 2.75) is 4.90 Å². The first kappa shape index (κ1) is 9.09. The predicted octanol–water partition coefficient (Wildman–Crippen LogP) is 2.13. The van der Waals surface area contributed by atoms with Crippen molar-refractivity contribution in [3.63, 3.8) is 0 Å². The van der Waals surface area contributed by atoms with Crippen LogP contribution in [0, 0.1) is 0 Å². The average molecular weight is 203 g/mol. The topological polar surface area (TPSA) is 22.0 Å². The minimum absolute atomic E-state index is 0.0472. The van der Waals surface area contributed by atoms with Gasteiger partial charge in [0.25, 0.3) is 5.56 Å². The Morgan fingerprint density at radius 3 is 2.43 bits per heavy atom. The maximum atomic E-state index is 11.5. The van der Waals surface area contributed by atoms with Gasteiger partial charge < -0.3 is 0 Å². The summed E-state index contributed by atoms with van der Waals surface area (Å²) in [4.78, 5) is 12.3. The van der Waals surface area contributed by atoms with Crippen LogP contribution >= 0.6 is 12.6 Å². The smallest absolute Gasteiger partial charge is 0.255 e. The van der Waals surface area contributed by atoms with Gasteiger partial charge in [-0.3, -0.25) is 9.36 Å². The van der Waals surface area contributed by atoms with Gasteiger partial charge in [0.05, 0.1) is 0 Å². The number of thiol groups is 1. The van der Waals surface area contributed by atoms with Gasteiger partial charge >= 0.3 is 0 Å². The predicted molar refractivity (Wildman–Crippen MR) is 59.3 cm³/mol. The molecule has 14 heavy (non-hydrogen) atoms. The molecule has 0 bridgehead atoms. The molecule has 1 heterocycles. The van der Waals surface area contributed by atoms with Gasteiger partial charge in [0.15, 0.2) is 0 Å². The number of hydrogen-bond acceptors (Lipinski definition) is 2. The normalized spacial score (nSPS) is 10.1. The largest absolute Gasteiger partial charge is 0.283 e. The van der Waals surface area contributed by atoms with Gasteiger partial charge in [-0.2, -0.15) is 0 Å². The van der Waals surface area contributed by atoms with Crippen molar-refractivity contribution in [2.24, 2.45) is 0 Å². The fourth-order valence-corrected chi connectivity index (χ4v) is 1.46. The molecule has 0 saturated carbocycles. The SMILES string of the molecule is O=c1ccc(S)cn1-c1ccccc1. The van der Waals surface area contributed by atoms with E-state index in [-0.39, 0.29) is 5.56 Å². The van der Waals surface area contributed by atoms with Gasteiger partial charge in [0.1, 0.15) is 0 Å². The molecule has 0 atom stereocenters. The molecule has 1 aromatic carbocycles. The van der Waals surface area contributed by atoms with Crippen molar-refractivity contribution >= 4 is 12.6 Å². The molecular weight excluding hydrogens is 194 g/mol. The summed E-state index contributed by atoms with van der Waals surface area (Å²) in [6, 6.07) is 12.7. The van der Waals surface area contributed by atoms with Crippen LogP contribution < -0.4 is 5.56 Å². The molecular formula is C11H9NOS. The molecule has 0 unspecified atom stereocenters. The van der Waals surface area contributed by atoms with Gasteiger partial charge in [0, 0.05) is 22.8 Å². The Hall–Kier alpha value is -1.48. The third-order valence-electron chi connectivity index (χ3n) is 1.93. The van der Waals surface area contributed by atoms with Crippen molar-refractivity contribution in [3.05, 3.63) is 59.0 Å². The summed E-state index contributed by atoms with van der Waals surface area (Å²) < 4.78 is 1.57. The number of nitrogens with zero attached hydrogens (tertiary/aromatic N) is 1. The molecule has 2 rings (SSSR count). The Balaban J connectivity index is 2.63. The summed E-state index contributed by atoms with van der Waals surface area (Å²) >= 11 is 4.19. The Kier molecular flexibility index (Phi) is 2.41. The van der Waals surface area contributed by atoms with E-state index in [1.165, 1.54) is 6.07 Å². The fraction of sp³-hybridized carbons (Fsp3) is 0. The number of rotatable bonds is 1. The first-order chi connectivity index (χ1) is 6.77. The van der Waals surface area contributed by atoms with Gasteiger partial charge in [-0.1, -0.05) is 18.2 Å². The summed E-state index contributed by atoms with van der Waals surface area (Å²) in [5, 5.41) is 0. The van der Waals surface area contributed by atoms with Crippen molar-refractivity contribution < 1.29 is 0 Å². The lowest BCUT2D eigenvalue weighted by Crippen LogP contribution is -2.15. The van der Waals surface area contributed by atoms with E-state index in [2.05, 4.69) is 12.6 Å². The average Bonchev–Trinajstić information content (AvgIpc) is 2.23. The third kappa shape index (κ3) is 1.72. The molecule has 0 aliphatic heterocycles. The highest BCUT2D eigenvalue weighted by Crippen LogP contribution is 2.07. The quantitative estimate of drug-likeness (QED) is 0.705. The van der Waals surface area contributed by atoms with E-state index in [9.17, 15) is 4.79 Å². The van der Waals surface area contributed by atoms with Crippen LogP contribution in [0.2, 0.25) is 0 Å². The molecule has 0 aliphatic rings. The molecule has 0 saturated heterocycles. The molecule has 2 aromatic rings. The Labute approximate surface area is 87.2 Å². The molecule has 2 nitrogen and oxygen atoms in total. The summed E-state index contributed by atoms with van der Waals surface area (Å²) in [6.07, 6.45) is 1.71. The Bertz CT molecular complexity index is 490. The summed E-state index contributed by atoms with van der Waals surface area (Å²) in [7, 11) is 0. The van der Waals surface area contributed by atoms with Crippen LogP contribution in [-0.4, -0.2) is 4.57 Å². The lowest BCUT2D eigenvalue weighted by molar-refractivity contribution is 0.962. The summed E-state index contributed by atoms with van der Waals surface area (Å²) in [5.41, 5.74) is 0.808. The fourth-order valence-electron chi connectivity index (χ4n) is 1.27. The number of para-hydroxylation sites is 1. The van der Waals surface area contributed by atoms with Crippen molar-refractivity contribution in [1.29, 1.82) is 0 Å². The van der Waals surface area contributed by atoms with Crippen molar-refractivity contribution in [2.75, 3.05) is 0 Å². The van der Waals surface area contributed by atoms with Crippen LogP contribution in [0.3, 0.4) is 0 Å². The zero-order valence-corrected chi connectivity index (χ0v) is 8.32. The second-order valence-electron chi connectivity index (χ2n) is 2.93. The number of pyridine rings is 1. The van der Waals surface area contributed by atoms with Crippen LogP contribution in [0.1, 0.15) is 0 Å². The van der Waals surface area contributed by atoms with Crippen LogP contribution in [-0.2, 0) is 0 Å². The van der Waals surface area contributed by atoms with Gasteiger partial charge in [-0.25, -0.2) is 0 Å². The van der Waals surface area contributed by atoms with Crippen LogP contribution in [0.5, 0.6) is 0 Å². The van der Waals surface area contributed by atoms with Gasteiger partial charge in [0.2, 0.25) is 0 Å². The van der Waals surface area contributed by atoms with Crippen LogP contribution in [0.15, 0.2) is 58.4 Å². The van der Waals surface area contributed by atoms with E-state index in [0.29, 0.717) is 0 Å². The minimum atomic E-state index is -0.0472. The van der Waals surface area contributed by atoms with E-state index in [4.69, 9.17) is 0 Å². The zero-order chi connectivity index (χ0) is 9.97. The standard InChI is InChI=1S/C11H9NOS/c13-11-7-6-10(14)8-12(11)9-4-2-1-3-5-9/h1-8,14H. The van der Waals surface area contributed by atoms with Gasteiger partial charge in [-0.15, -0.1) is 12.6 Å². The summed E-state index contributed by atoms with van der Waals surface area (Å²) in [5.74, 6) is 0. The maximum absolute atomic E-state index is 11.5. The van der Waals surface area contributed by atoms with Gasteiger partial charge in [-0.05, 0) is 18.2 Å². The lowest BCUT2D eigenvalue weighted by atomic mass is 10.3. The highest BCUT2D eigenvalue weighted by atomic mass is 32.1. The highest BCUT2D eigenvalue weighted by molar-refractivity contribution is 7.80. The first-order valence-corrected chi connectivity index (χ1v) is 4.69. The van der Waals surface area contributed by atoms with Crippen molar-refractivity contribution in [1.82, 2.24) is 4.57 Å². The summed E-state index contributed by atoms with van der Waals surface area (Å²) in [6.45, 7) is 0. The van der Waals surface area contributed by atoms with E-state index in [0.717, 1.165) is 10.6 Å². The molecule has 0 N–H and O–H groups in total. The molecule has 0 spiro atoms. The Morgan fingerprint density at radius 1 is 1.00 bits per heavy atom. The first-order valence-electron chi connectivity index (χ1n) is 4.24. The molecule has 70 valence electrons. The van der Waals surface area contributed by atoms with E-state index < -0.39 is 0 Å². The number of hydrogen-bond donors (Lipinski definition) is 1. The van der Waals surface area contributed by atoms with Crippen LogP contribution in [0.25, 0.3) is 5.69 Å². The zero-order valence-electron chi connectivity index (χ0n) is 7.42. The van der Waals surface area contributed by atoms with E-state index in [1.807, 2.05) is 30.3 Å². The molecule has 0 radical (unpaired) electrons. The minimum Gasteiger partial charge on any atom is -0.283 e. The van der Waals surface area contributed by atoms with E-state index >= 15 is 0 Å². The maximum Gasteiger partial charge on any atom is 0.255 e.